The van der Waals surface area contributed by atoms with Crippen LogP contribution in [0.4, 0.5) is 23.2 Å². The summed E-state index contributed by atoms with van der Waals surface area (Å²) in [6.07, 6.45) is -2.92. The van der Waals surface area contributed by atoms with Crippen molar-refractivity contribution >= 4 is 5.69 Å². The van der Waals surface area contributed by atoms with Crippen molar-refractivity contribution in [2.75, 3.05) is 5.73 Å². The number of nitrogen functional groups attached to an aromatic ring is 1. The molecule has 0 atom stereocenters. The topological polar surface area (TPSA) is 26.0 Å². The Labute approximate surface area is 109 Å². The predicted molar refractivity (Wildman–Crippen MR) is 66.6 cm³/mol. The van der Waals surface area contributed by atoms with E-state index >= 15 is 0 Å². The van der Waals surface area contributed by atoms with Gasteiger partial charge in [-0.15, -0.1) is 0 Å². The molecule has 0 unspecified atom stereocenters. The molecular weight excluding hydrogens is 258 g/mol. The molecule has 0 amide bonds. The van der Waals surface area contributed by atoms with Crippen molar-refractivity contribution in [3.63, 3.8) is 0 Å². The lowest BCUT2D eigenvalue weighted by atomic mass is 9.76. The highest BCUT2D eigenvalue weighted by molar-refractivity contribution is 5.47. The molecule has 0 spiro atoms. The van der Waals surface area contributed by atoms with Crippen LogP contribution in [-0.4, -0.2) is 5.67 Å². The van der Waals surface area contributed by atoms with Crippen molar-refractivity contribution in [1.82, 2.24) is 0 Å². The molecule has 1 aliphatic carbocycles. The molecule has 1 nitrogen and oxygen atoms in total. The van der Waals surface area contributed by atoms with E-state index in [1.54, 1.807) is 0 Å². The Bertz CT molecular complexity index is 455. The number of benzene rings is 1. The third kappa shape index (κ3) is 3.19. The number of alkyl halides is 4. The highest BCUT2D eigenvalue weighted by Crippen LogP contribution is 2.44. The molecule has 106 valence electrons. The first kappa shape index (κ1) is 14.2. The standard InChI is InChI=1S/C14H17F4N/c1-13(15)6-4-9(5-7-13)11-3-2-10(19)8-12(11)14(16,17)18/h2-3,8-9H,4-7,19H2,1H3. The van der Waals surface area contributed by atoms with Crippen LogP contribution in [0, 0.1) is 0 Å². The number of nitrogens with two attached hydrogens (primary N) is 1. The van der Waals surface area contributed by atoms with Crippen molar-refractivity contribution in [2.45, 2.75) is 50.4 Å². The van der Waals surface area contributed by atoms with Crippen molar-refractivity contribution in [3.8, 4) is 0 Å². The first-order chi connectivity index (χ1) is 8.69. The minimum absolute atomic E-state index is 0.0993. The highest BCUT2D eigenvalue weighted by Gasteiger charge is 2.38. The fourth-order valence-electron chi connectivity index (χ4n) is 2.71. The predicted octanol–water partition coefficient (Wildman–Crippen LogP) is 4.67. The molecule has 0 bridgehead atoms. The first-order valence-corrected chi connectivity index (χ1v) is 6.34. The highest BCUT2D eigenvalue weighted by atomic mass is 19.4. The van der Waals surface area contributed by atoms with Gasteiger partial charge in [0.1, 0.15) is 5.67 Å². The molecule has 2 N–H and O–H groups in total. The van der Waals surface area contributed by atoms with Gasteiger partial charge in [-0.3, -0.25) is 0 Å². The summed E-state index contributed by atoms with van der Waals surface area (Å²) in [5.74, 6) is -0.235. The minimum Gasteiger partial charge on any atom is -0.399 e. The third-order valence-corrected chi connectivity index (χ3v) is 3.85. The third-order valence-electron chi connectivity index (χ3n) is 3.85. The van der Waals surface area contributed by atoms with Crippen LogP contribution in [0.25, 0.3) is 0 Å². The van der Waals surface area contributed by atoms with Gasteiger partial charge in [0, 0.05) is 5.69 Å². The van der Waals surface area contributed by atoms with Gasteiger partial charge in [-0.1, -0.05) is 6.07 Å². The van der Waals surface area contributed by atoms with E-state index < -0.39 is 17.4 Å². The Kier molecular flexibility index (Phi) is 3.49. The lowest BCUT2D eigenvalue weighted by molar-refractivity contribution is -0.138. The molecule has 0 aromatic heterocycles. The fourth-order valence-corrected chi connectivity index (χ4v) is 2.71. The maximum atomic E-state index is 13.7. The summed E-state index contributed by atoms with van der Waals surface area (Å²) in [4.78, 5) is 0. The summed E-state index contributed by atoms with van der Waals surface area (Å²) in [5.41, 5.74) is 3.86. The summed E-state index contributed by atoms with van der Waals surface area (Å²) < 4.78 is 52.7. The van der Waals surface area contributed by atoms with E-state index in [-0.39, 0.29) is 17.2 Å². The Morgan fingerprint density at radius 3 is 2.32 bits per heavy atom. The van der Waals surface area contributed by atoms with E-state index in [1.807, 2.05) is 0 Å². The molecule has 0 radical (unpaired) electrons. The molecule has 19 heavy (non-hydrogen) atoms. The summed E-state index contributed by atoms with van der Waals surface area (Å²) in [7, 11) is 0. The lowest BCUT2D eigenvalue weighted by Gasteiger charge is -2.32. The smallest absolute Gasteiger partial charge is 0.399 e. The lowest BCUT2D eigenvalue weighted by Crippen LogP contribution is -2.26. The van der Waals surface area contributed by atoms with Crippen LogP contribution in [-0.2, 0) is 6.18 Å². The average Bonchev–Trinajstić information content (AvgIpc) is 2.28. The summed E-state index contributed by atoms with van der Waals surface area (Å²) in [5, 5.41) is 0. The van der Waals surface area contributed by atoms with Gasteiger partial charge in [0.15, 0.2) is 0 Å². The van der Waals surface area contributed by atoms with Crippen molar-refractivity contribution in [2.24, 2.45) is 0 Å². The molecule has 1 saturated carbocycles. The second-order valence-electron chi connectivity index (χ2n) is 5.53. The van der Waals surface area contributed by atoms with Crippen LogP contribution in [0.2, 0.25) is 0 Å². The fraction of sp³-hybridized carbons (Fsp3) is 0.571. The molecule has 5 heteroatoms. The minimum atomic E-state index is -4.42. The molecule has 1 aromatic carbocycles. The first-order valence-electron chi connectivity index (χ1n) is 6.34. The zero-order chi connectivity index (χ0) is 14.3. The van der Waals surface area contributed by atoms with E-state index in [0.717, 1.165) is 6.07 Å². The van der Waals surface area contributed by atoms with Crippen molar-refractivity contribution in [3.05, 3.63) is 29.3 Å². The molecule has 0 heterocycles. The molecular formula is C14H17F4N. The molecule has 0 aliphatic heterocycles. The van der Waals surface area contributed by atoms with Crippen LogP contribution in [0.1, 0.15) is 49.7 Å². The Hall–Kier alpha value is -1.26. The zero-order valence-corrected chi connectivity index (χ0v) is 10.7. The molecule has 2 rings (SSSR count). The number of halogens is 4. The van der Waals surface area contributed by atoms with Gasteiger partial charge < -0.3 is 5.73 Å². The van der Waals surface area contributed by atoms with Gasteiger partial charge in [0.05, 0.1) is 5.56 Å². The SMILES string of the molecule is CC1(F)CCC(c2ccc(N)cc2C(F)(F)F)CC1. The monoisotopic (exact) mass is 275 g/mol. The number of rotatable bonds is 1. The largest absolute Gasteiger partial charge is 0.416 e. The van der Waals surface area contributed by atoms with E-state index in [0.29, 0.717) is 25.7 Å². The Morgan fingerprint density at radius 2 is 1.79 bits per heavy atom. The maximum absolute atomic E-state index is 13.7. The zero-order valence-electron chi connectivity index (χ0n) is 10.7. The average molecular weight is 275 g/mol. The summed E-state index contributed by atoms with van der Waals surface area (Å²) in [6.45, 7) is 1.51. The van der Waals surface area contributed by atoms with E-state index in [9.17, 15) is 17.6 Å². The maximum Gasteiger partial charge on any atom is 0.416 e. The molecule has 0 saturated heterocycles. The van der Waals surface area contributed by atoms with Gasteiger partial charge >= 0.3 is 6.18 Å². The number of hydrogen-bond acceptors (Lipinski definition) is 1. The van der Waals surface area contributed by atoms with E-state index in [1.165, 1.54) is 19.1 Å². The number of hydrogen-bond donors (Lipinski definition) is 1. The normalized spacial score (nSPS) is 28.4. The van der Waals surface area contributed by atoms with Crippen LogP contribution >= 0.6 is 0 Å². The summed E-state index contributed by atoms with van der Waals surface area (Å²) in [6, 6.07) is 3.89. The van der Waals surface area contributed by atoms with E-state index in [2.05, 4.69) is 0 Å². The van der Waals surface area contributed by atoms with Crippen LogP contribution < -0.4 is 5.73 Å². The van der Waals surface area contributed by atoms with Crippen LogP contribution in [0.5, 0.6) is 0 Å². The van der Waals surface area contributed by atoms with Crippen molar-refractivity contribution in [1.29, 1.82) is 0 Å². The van der Waals surface area contributed by atoms with Gasteiger partial charge in [0.2, 0.25) is 0 Å². The quantitative estimate of drug-likeness (QED) is 0.584. The second kappa shape index (κ2) is 4.69. The molecule has 1 fully saturated rings. The van der Waals surface area contributed by atoms with Crippen LogP contribution in [0.15, 0.2) is 18.2 Å². The second-order valence-corrected chi connectivity index (χ2v) is 5.53. The van der Waals surface area contributed by atoms with E-state index in [4.69, 9.17) is 5.73 Å². The Morgan fingerprint density at radius 1 is 1.21 bits per heavy atom. The summed E-state index contributed by atoms with van der Waals surface area (Å²) >= 11 is 0. The van der Waals surface area contributed by atoms with Gasteiger partial charge in [-0.2, -0.15) is 13.2 Å². The van der Waals surface area contributed by atoms with Gasteiger partial charge in [0.25, 0.3) is 0 Å². The Balaban J connectivity index is 2.30. The van der Waals surface area contributed by atoms with Gasteiger partial charge in [-0.25, -0.2) is 4.39 Å². The number of anilines is 1. The van der Waals surface area contributed by atoms with Crippen LogP contribution in [0.3, 0.4) is 0 Å². The van der Waals surface area contributed by atoms with Gasteiger partial charge in [-0.05, 0) is 56.2 Å². The molecule has 1 aliphatic rings. The van der Waals surface area contributed by atoms with Crippen molar-refractivity contribution < 1.29 is 17.6 Å². The molecule has 1 aromatic rings.